The Labute approximate surface area is 110 Å². The topological polar surface area (TPSA) is 42.3 Å². The van der Waals surface area contributed by atoms with E-state index in [0.29, 0.717) is 11.4 Å². The second kappa shape index (κ2) is 6.07. The van der Waals surface area contributed by atoms with E-state index in [1.165, 1.54) is 0 Å². The summed E-state index contributed by atoms with van der Waals surface area (Å²) in [5, 5.41) is 0. The van der Waals surface area contributed by atoms with E-state index in [-0.39, 0.29) is 11.8 Å². The molecule has 0 spiro atoms. The van der Waals surface area contributed by atoms with Crippen LogP contribution in [0.4, 0.5) is 0 Å². The molecule has 0 fully saturated rings. The van der Waals surface area contributed by atoms with Crippen LogP contribution < -0.4 is 0 Å². The molecule has 4 heteroatoms. The first kappa shape index (κ1) is 12.5. The van der Waals surface area contributed by atoms with Crippen molar-refractivity contribution in [2.45, 2.75) is 0 Å². The maximum Gasteiger partial charge on any atom is 0.261 e. The molecule has 0 saturated carbocycles. The summed E-state index contributed by atoms with van der Waals surface area (Å²) in [5.74, 6) is -0.510. The number of pyridine rings is 1. The Morgan fingerprint density at radius 1 is 1.11 bits per heavy atom. The summed E-state index contributed by atoms with van der Waals surface area (Å²) in [6.45, 7) is 0. The maximum atomic E-state index is 11.4. The molecule has 0 N–H and O–H groups in total. The number of hydrogen-bond donors (Lipinski definition) is 0. The van der Waals surface area contributed by atoms with Crippen molar-refractivity contribution in [1.29, 1.82) is 0 Å². The number of rotatable bonds is 3. The van der Waals surface area contributed by atoms with Gasteiger partial charge >= 0.3 is 0 Å². The molecule has 1 amide bonds. The first-order valence-corrected chi connectivity index (χ1v) is 5.99. The molecule has 18 heavy (non-hydrogen) atoms. The maximum absolute atomic E-state index is 11.4. The third-order valence-electron chi connectivity index (χ3n) is 2.31. The molecule has 1 aromatic heterocycles. The van der Waals surface area contributed by atoms with Crippen LogP contribution in [0.25, 0.3) is 0 Å². The molecule has 1 aromatic carbocycles. The average molecular weight is 259 g/mol. The van der Waals surface area contributed by atoms with Crippen LogP contribution in [-0.2, 0) is 4.79 Å². The quantitative estimate of drug-likeness (QED) is 0.627. The van der Waals surface area contributed by atoms with Crippen molar-refractivity contribution < 1.29 is 4.79 Å². The fourth-order valence-corrected chi connectivity index (χ4v) is 1.58. The minimum absolute atomic E-state index is 0.136. The summed E-state index contributed by atoms with van der Waals surface area (Å²) in [6.07, 6.45) is 1.67. The van der Waals surface area contributed by atoms with Crippen molar-refractivity contribution in [3.8, 4) is 0 Å². The highest BCUT2D eigenvalue weighted by Crippen LogP contribution is 2.09. The monoisotopic (exact) mass is 258 g/mol. The predicted molar refractivity (Wildman–Crippen MR) is 72.0 cm³/mol. The van der Waals surface area contributed by atoms with E-state index in [2.05, 4.69) is 9.98 Å². The molecule has 0 atom stereocenters. The van der Waals surface area contributed by atoms with Gasteiger partial charge in [-0.1, -0.05) is 36.4 Å². The summed E-state index contributed by atoms with van der Waals surface area (Å²) in [7, 11) is 0. The van der Waals surface area contributed by atoms with Crippen LogP contribution in [0, 0.1) is 0 Å². The van der Waals surface area contributed by atoms with Gasteiger partial charge in [0.15, 0.2) is 0 Å². The van der Waals surface area contributed by atoms with Crippen molar-refractivity contribution in [3.05, 3.63) is 66.0 Å². The zero-order valence-corrected chi connectivity index (χ0v) is 10.3. The van der Waals surface area contributed by atoms with E-state index >= 15 is 0 Å². The number of nitrogens with zero attached hydrogens (tertiary/aromatic N) is 2. The number of alkyl halides is 1. The van der Waals surface area contributed by atoms with Gasteiger partial charge in [-0.05, 0) is 12.1 Å². The van der Waals surface area contributed by atoms with Crippen LogP contribution in [-0.4, -0.2) is 22.5 Å². The fraction of sp³-hybridized carbons (Fsp3) is 0.0714. The lowest BCUT2D eigenvalue weighted by Gasteiger charge is -2.05. The van der Waals surface area contributed by atoms with Crippen molar-refractivity contribution >= 4 is 23.2 Å². The molecule has 2 rings (SSSR count). The first-order chi connectivity index (χ1) is 8.81. The van der Waals surface area contributed by atoms with Crippen molar-refractivity contribution in [3.63, 3.8) is 0 Å². The van der Waals surface area contributed by atoms with Crippen LogP contribution in [0.5, 0.6) is 0 Å². The lowest BCUT2D eigenvalue weighted by Crippen LogP contribution is -2.09. The molecule has 0 aliphatic carbocycles. The minimum Gasteiger partial charge on any atom is -0.271 e. The largest absolute Gasteiger partial charge is 0.271 e. The van der Waals surface area contributed by atoms with E-state index in [1.54, 1.807) is 6.20 Å². The van der Waals surface area contributed by atoms with Gasteiger partial charge in [0.1, 0.15) is 5.88 Å². The molecule has 0 aliphatic heterocycles. The van der Waals surface area contributed by atoms with Crippen LogP contribution in [0.15, 0.2) is 59.7 Å². The lowest BCUT2D eigenvalue weighted by atomic mass is 10.1. The van der Waals surface area contributed by atoms with Gasteiger partial charge in [0, 0.05) is 11.8 Å². The minimum atomic E-state index is -0.374. The van der Waals surface area contributed by atoms with Crippen LogP contribution in [0.1, 0.15) is 11.3 Å². The highest BCUT2D eigenvalue weighted by molar-refractivity contribution is 6.29. The number of benzene rings is 1. The van der Waals surface area contributed by atoms with E-state index in [0.717, 1.165) is 5.56 Å². The molecule has 0 unspecified atom stereocenters. The van der Waals surface area contributed by atoms with Crippen molar-refractivity contribution in [2.24, 2.45) is 4.99 Å². The Balaban J connectivity index is 2.49. The van der Waals surface area contributed by atoms with Gasteiger partial charge < -0.3 is 0 Å². The zero-order valence-electron chi connectivity index (χ0n) is 9.58. The molecular formula is C14H11ClN2O. The zero-order chi connectivity index (χ0) is 12.8. The van der Waals surface area contributed by atoms with E-state index in [4.69, 9.17) is 11.6 Å². The Kier molecular flexibility index (Phi) is 4.20. The second-order valence-corrected chi connectivity index (χ2v) is 3.84. The molecule has 0 radical (unpaired) electrons. The number of amides is 1. The number of aromatic nitrogens is 1. The third kappa shape index (κ3) is 3.02. The molecule has 90 valence electrons. The molecule has 3 nitrogen and oxygen atoms in total. The molecular weight excluding hydrogens is 248 g/mol. The Morgan fingerprint density at radius 3 is 2.44 bits per heavy atom. The molecule has 1 heterocycles. The lowest BCUT2D eigenvalue weighted by molar-refractivity contribution is -0.115. The number of carbonyl (C=O) groups is 1. The van der Waals surface area contributed by atoms with E-state index in [1.807, 2.05) is 48.5 Å². The van der Waals surface area contributed by atoms with Gasteiger partial charge in [0.05, 0.1) is 11.4 Å². The van der Waals surface area contributed by atoms with Gasteiger partial charge in [0.25, 0.3) is 5.91 Å². The summed E-state index contributed by atoms with van der Waals surface area (Å²) in [6, 6.07) is 14.9. The summed E-state index contributed by atoms with van der Waals surface area (Å²) < 4.78 is 0. The standard InChI is InChI=1S/C14H11ClN2O/c15-10-13(18)17-14(11-6-2-1-3-7-11)12-8-4-5-9-16-12/h1-9H,10H2. The smallest absolute Gasteiger partial charge is 0.261 e. The highest BCUT2D eigenvalue weighted by atomic mass is 35.5. The van der Waals surface area contributed by atoms with Crippen LogP contribution >= 0.6 is 11.6 Å². The number of carbonyl (C=O) groups excluding carboxylic acids is 1. The number of halogens is 1. The van der Waals surface area contributed by atoms with E-state index < -0.39 is 0 Å². The van der Waals surface area contributed by atoms with Crippen LogP contribution in [0.2, 0.25) is 0 Å². The summed E-state index contributed by atoms with van der Waals surface area (Å²) >= 11 is 5.49. The normalized spacial score (nSPS) is 11.3. The Bertz CT molecular complexity index is 511. The number of aliphatic imine (C=N–C) groups is 1. The molecule has 2 aromatic rings. The third-order valence-corrected chi connectivity index (χ3v) is 2.53. The van der Waals surface area contributed by atoms with Gasteiger partial charge in [0.2, 0.25) is 0 Å². The molecule has 0 bridgehead atoms. The van der Waals surface area contributed by atoms with Crippen LogP contribution in [0.3, 0.4) is 0 Å². The SMILES string of the molecule is O=C(CCl)N=C(c1ccccc1)c1ccccn1. The number of hydrogen-bond acceptors (Lipinski definition) is 2. The van der Waals surface area contributed by atoms with Gasteiger partial charge in [-0.15, -0.1) is 11.6 Å². The van der Waals surface area contributed by atoms with E-state index in [9.17, 15) is 4.79 Å². The van der Waals surface area contributed by atoms with Crippen molar-refractivity contribution in [2.75, 3.05) is 5.88 Å². The second-order valence-electron chi connectivity index (χ2n) is 3.57. The fourth-order valence-electron chi connectivity index (χ4n) is 1.52. The summed E-state index contributed by atoms with van der Waals surface area (Å²) in [5.41, 5.74) is 2.04. The summed E-state index contributed by atoms with van der Waals surface area (Å²) in [4.78, 5) is 19.7. The average Bonchev–Trinajstić information content (AvgIpc) is 2.46. The predicted octanol–water partition coefficient (Wildman–Crippen LogP) is 2.68. The van der Waals surface area contributed by atoms with Gasteiger partial charge in [-0.25, -0.2) is 4.99 Å². The molecule has 0 saturated heterocycles. The Morgan fingerprint density at radius 2 is 1.83 bits per heavy atom. The first-order valence-electron chi connectivity index (χ1n) is 5.45. The highest BCUT2D eigenvalue weighted by Gasteiger charge is 2.09. The van der Waals surface area contributed by atoms with Gasteiger partial charge in [-0.3, -0.25) is 9.78 Å². The van der Waals surface area contributed by atoms with Crippen molar-refractivity contribution in [1.82, 2.24) is 4.98 Å². The Hall–Kier alpha value is -2.00. The molecule has 0 aliphatic rings. The van der Waals surface area contributed by atoms with Gasteiger partial charge in [-0.2, -0.15) is 0 Å².